The molecule has 1 aromatic heterocycles. The van der Waals surface area contributed by atoms with Crippen molar-refractivity contribution in [3.05, 3.63) is 59.8 Å². The van der Waals surface area contributed by atoms with Crippen molar-refractivity contribution in [1.29, 1.82) is 0 Å². The molecule has 0 aliphatic carbocycles. The van der Waals surface area contributed by atoms with Crippen LogP contribution in [0.3, 0.4) is 0 Å². The Morgan fingerprint density at radius 2 is 1.76 bits per heavy atom. The zero-order chi connectivity index (χ0) is 20.4. The lowest BCUT2D eigenvalue weighted by molar-refractivity contribution is -0.115. The highest BCUT2D eigenvalue weighted by molar-refractivity contribution is 6.04. The number of nitrogens with zero attached hydrogens (tertiary/aromatic N) is 2. The van der Waals surface area contributed by atoms with Crippen molar-refractivity contribution in [2.75, 3.05) is 18.4 Å². The number of carbonyl (C=O) groups excluding carboxylic acids is 2. The summed E-state index contributed by atoms with van der Waals surface area (Å²) in [7, 11) is 0. The minimum absolute atomic E-state index is 0.0232. The number of carbonyl (C=O) groups is 2. The summed E-state index contributed by atoms with van der Waals surface area (Å²) in [5.41, 5.74) is 2.16. The fourth-order valence-electron chi connectivity index (χ4n) is 3.70. The molecule has 7 nitrogen and oxygen atoms in total. The van der Waals surface area contributed by atoms with Crippen LogP contribution in [0.15, 0.2) is 53.1 Å². The van der Waals surface area contributed by atoms with Gasteiger partial charge in [-0.2, -0.15) is 0 Å². The third kappa shape index (κ3) is 4.14. The molecule has 7 heteroatoms. The lowest BCUT2D eigenvalue weighted by atomic mass is 10.1. The maximum Gasteiger partial charge on any atom is 0.256 e. The van der Waals surface area contributed by atoms with Gasteiger partial charge in [-0.05, 0) is 38.1 Å². The Morgan fingerprint density at radius 3 is 2.55 bits per heavy atom. The predicted octanol–water partition coefficient (Wildman–Crippen LogP) is 3.26. The minimum atomic E-state index is -0.256. The molecule has 2 unspecified atom stereocenters. The number of rotatable bonds is 4. The molecule has 2 atom stereocenters. The van der Waals surface area contributed by atoms with E-state index in [4.69, 9.17) is 9.26 Å². The van der Waals surface area contributed by atoms with Gasteiger partial charge in [-0.15, -0.1) is 0 Å². The van der Waals surface area contributed by atoms with E-state index in [1.54, 1.807) is 29.2 Å². The lowest BCUT2D eigenvalue weighted by Gasteiger charge is -2.35. The van der Waals surface area contributed by atoms with E-state index in [1.165, 1.54) is 0 Å². The Bertz CT molecular complexity index is 1040. The quantitative estimate of drug-likeness (QED) is 0.735. The zero-order valence-corrected chi connectivity index (χ0v) is 16.4. The first-order chi connectivity index (χ1) is 14.0. The van der Waals surface area contributed by atoms with Crippen LogP contribution in [0.25, 0.3) is 11.0 Å². The summed E-state index contributed by atoms with van der Waals surface area (Å²) in [4.78, 5) is 27.5. The van der Waals surface area contributed by atoms with Crippen molar-refractivity contribution in [3.8, 4) is 0 Å². The smallest absolute Gasteiger partial charge is 0.256 e. The largest absolute Gasteiger partial charge is 0.372 e. The van der Waals surface area contributed by atoms with Gasteiger partial charge in [-0.1, -0.05) is 29.4 Å². The molecule has 3 aromatic rings. The van der Waals surface area contributed by atoms with E-state index in [-0.39, 0.29) is 30.4 Å². The highest BCUT2D eigenvalue weighted by atomic mass is 16.5. The van der Waals surface area contributed by atoms with E-state index in [0.717, 1.165) is 5.39 Å². The number of aromatic nitrogens is 1. The van der Waals surface area contributed by atoms with Gasteiger partial charge in [0.1, 0.15) is 5.69 Å². The summed E-state index contributed by atoms with van der Waals surface area (Å²) < 4.78 is 11.0. The van der Waals surface area contributed by atoms with Crippen LogP contribution in [0, 0.1) is 0 Å². The van der Waals surface area contributed by atoms with Gasteiger partial charge in [0.25, 0.3) is 5.91 Å². The third-order valence-electron chi connectivity index (χ3n) is 4.92. The summed E-state index contributed by atoms with van der Waals surface area (Å²) >= 11 is 0. The summed E-state index contributed by atoms with van der Waals surface area (Å²) in [6.07, 6.45) is 0.0142. The summed E-state index contributed by atoms with van der Waals surface area (Å²) in [5.74, 6) is -0.372. The first kappa shape index (κ1) is 19.1. The molecule has 2 heterocycles. The average molecular weight is 393 g/mol. The van der Waals surface area contributed by atoms with Gasteiger partial charge in [-0.25, -0.2) is 0 Å². The Morgan fingerprint density at radius 1 is 1.07 bits per heavy atom. The van der Waals surface area contributed by atoms with Crippen LogP contribution in [0.2, 0.25) is 0 Å². The number of morpholine rings is 1. The second kappa shape index (κ2) is 8.05. The predicted molar refractivity (Wildman–Crippen MR) is 109 cm³/mol. The molecule has 0 spiro atoms. The number of benzene rings is 2. The highest BCUT2D eigenvalue weighted by Crippen LogP contribution is 2.22. The monoisotopic (exact) mass is 393 g/mol. The fourth-order valence-corrected chi connectivity index (χ4v) is 3.70. The van der Waals surface area contributed by atoms with E-state index in [1.807, 2.05) is 38.1 Å². The molecule has 1 aliphatic heterocycles. The van der Waals surface area contributed by atoms with Crippen LogP contribution in [-0.4, -0.2) is 47.2 Å². The van der Waals surface area contributed by atoms with Crippen molar-refractivity contribution in [1.82, 2.24) is 10.1 Å². The Hall–Kier alpha value is -3.19. The molecule has 0 saturated carbocycles. The Balaban J connectivity index is 1.51. The van der Waals surface area contributed by atoms with Gasteiger partial charge >= 0.3 is 0 Å². The normalized spacial score (nSPS) is 19.3. The van der Waals surface area contributed by atoms with Crippen LogP contribution in [0.5, 0.6) is 0 Å². The summed E-state index contributed by atoms with van der Waals surface area (Å²) in [5, 5.41) is 7.66. The van der Waals surface area contributed by atoms with Gasteiger partial charge < -0.3 is 19.5 Å². The molecule has 2 amide bonds. The zero-order valence-electron chi connectivity index (χ0n) is 16.4. The van der Waals surface area contributed by atoms with Crippen LogP contribution >= 0.6 is 0 Å². The Kier molecular flexibility index (Phi) is 5.31. The second-order valence-electron chi connectivity index (χ2n) is 7.36. The number of nitrogens with one attached hydrogen (secondary N) is 1. The van der Waals surface area contributed by atoms with Crippen LogP contribution in [0.1, 0.15) is 29.9 Å². The van der Waals surface area contributed by atoms with Gasteiger partial charge in [-0.3, -0.25) is 9.59 Å². The SMILES string of the molecule is CC1CN(C(=O)c2ccccc2NC(=O)Cc2noc3ccccc23)CC(C)O1. The fraction of sp³-hybridized carbons (Fsp3) is 0.318. The van der Waals surface area contributed by atoms with Crippen molar-refractivity contribution in [2.45, 2.75) is 32.5 Å². The van der Waals surface area contributed by atoms with Gasteiger partial charge in [0.15, 0.2) is 5.58 Å². The molecular weight excluding hydrogens is 370 g/mol. The van der Waals surface area contributed by atoms with Gasteiger partial charge in [0.2, 0.25) is 5.91 Å². The van der Waals surface area contributed by atoms with Crippen LogP contribution < -0.4 is 5.32 Å². The molecule has 1 saturated heterocycles. The average Bonchev–Trinajstić information content (AvgIpc) is 3.10. The number of para-hydroxylation sites is 2. The first-order valence-corrected chi connectivity index (χ1v) is 9.68. The number of hydrogen-bond donors (Lipinski definition) is 1. The van der Waals surface area contributed by atoms with Crippen molar-refractivity contribution in [3.63, 3.8) is 0 Å². The standard InChI is InChI=1S/C22H23N3O4/c1-14-12-25(13-15(2)28-14)22(27)17-8-3-5-9-18(17)23-21(26)11-19-16-7-4-6-10-20(16)29-24-19/h3-10,14-15H,11-13H2,1-2H3,(H,23,26). The van der Waals surface area contributed by atoms with E-state index >= 15 is 0 Å². The molecule has 1 aliphatic rings. The topological polar surface area (TPSA) is 84.7 Å². The minimum Gasteiger partial charge on any atom is -0.372 e. The summed E-state index contributed by atoms with van der Waals surface area (Å²) in [6, 6.07) is 14.5. The van der Waals surface area contributed by atoms with Gasteiger partial charge in [0.05, 0.1) is 29.9 Å². The van der Waals surface area contributed by atoms with Gasteiger partial charge in [0, 0.05) is 18.5 Å². The molecule has 29 heavy (non-hydrogen) atoms. The molecule has 1 N–H and O–H groups in total. The van der Waals surface area contributed by atoms with E-state index < -0.39 is 0 Å². The molecule has 2 aromatic carbocycles. The molecule has 4 rings (SSSR count). The first-order valence-electron chi connectivity index (χ1n) is 9.68. The third-order valence-corrected chi connectivity index (χ3v) is 4.92. The van der Waals surface area contributed by atoms with Crippen molar-refractivity contribution >= 4 is 28.5 Å². The van der Waals surface area contributed by atoms with Crippen molar-refractivity contribution in [2.24, 2.45) is 0 Å². The van der Waals surface area contributed by atoms with E-state index in [2.05, 4.69) is 10.5 Å². The molecular formula is C22H23N3O4. The number of fused-ring (bicyclic) bond motifs is 1. The van der Waals surface area contributed by atoms with Crippen LogP contribution in [0.4, 0.5) is 5.69 Å². The second-order valence-corrected chi connectivity index (χ2v) is 7.36. The molecule has 1 fully saturated rings. The van der Waals surface area contributed by atoms with E-state index in [0.29, 0.717) is 35.6 Å². The highest BCUT2D eigenvalue weighted by Gasteiger charge is 2.28. The number of amides is 2. The number of anilines is 1. The molecule has 0 bridgehead atoms. The number of ether oxygens (including phenoxy) is 1. The molecule has 0 radical (unpaired) electrons. The maximum atomic E-state index is 13.1. The van der Waals surface area contributed by atoms with E-state index in [9.17, 15) is 9.59 Å². The van der Waals surface area contributed by atoms with Crippen molar-refractivity contribution < 1.29 is 18.8 Å². The number of hydrogen-bond acceptors (Lipinski definition) is 5. The lowest BCUT2D eigenvalue weighted by Crippen LogP contribution is -2.48. The Labute approximate surface area is 168 Å². The summed E-state index contributed by atoms with van der Waals surface area (Å²) in [6.45, 7) is 4.95. The van der Waals surface area contributed by atoms with Crippen LogP contribution in [-0.2, 0) is 16.0 Å². The maximum absolute atomic E-state index is 13.1. The molecule has 150 valence electrons.